The molecule has 8 heteroatoms. The number of halogens is 4. The maximum absolute atomic E-state index is 13.0. The van der Waals surface area contributed by atoms with Gasteiger partial charge in [0.15, 0.2) is 24.0 Å². The van der Waals surface area contributed by atoms with E-state index in [2.05, 4.69) is 4.74 Å². The molecule has 4 nitrogen and oxygen atoms in total. The van der Waals surface area contributed by atoms with Gasteiger partial charge in [0.25, 0.3) is 0 Å². The van der Waals surface area contributed by atoms with Crippen LogP contribution in [0.2, 0.25) is 0 Å². The number of hydrogen-bond acceptors (Lipinski definition) is 3. The van der Waals surface area contributed by atoms with Crippen LogP contribution in [0.5, 0.6) is 5.75 Å². The number of nitrogen functional groups attached to an aromatic ring is 1. The van der Waals surface area contributed by atoms with Crippen LogP contribution in [-0.4, -0.2) is 17.7 Å². The molecule has 1 aromatic carbocycles. The third kappa shape index (κ3) is 2.00. The van der Waals surface area contributed by atoms with Gasteiger partial charge in [-0.3, -0.25) is 0 Å². The molecule has 0 spiro atoms. The molecule has 1 aromatic rings. The summed E-state index contributed by atoms with van der Waals surface area (Å²) in [5.41, 5.74) is 3.37. The van der Waals surface area contributed by atoms with E-state index in [4.69, 9.17) is 10.8 Å². The monoisotopic (exact) mass is 239 g/mol. The number of aliphatic carboxylic acids is 1. The zero-order valence-electron chi connectivity index (χ0n) is 7.56. The predicted octanol–water partition coefficient (Wildman–Crippen LogP) is 1.29. The average Bonchev–Trinajstić information content (AvgIpc) is 2.23. The lowest BCUT2D eigenvalue weighted by Gasteiger charge is -2.09. The lowest BCUT2D eigenvalue weighted by molar-refractivity contribution is -0.139. The summed E-state index contributed by atoms with van der Waals surface area (Å²) >= 11 is 0. The number of carboxylic acids is 1. The van der Waals surface area contributed by atoms with E-state index in [9.17, 15) is 22.4 Å². The Bertz CT molecular complexity index is 420. The van der Waals surface area contributed by atoms with Crippen LogP contribution >= 0.6 is 0 Å². The second-order valence-electron chi connectivity index (χ2n) is 2.68. The molecule has 0 fully saturated rings. The number of rotatable bonds is 3. The fraction of sp³-hybridized carbons (Fsp3) is 0.125. The van der Waals surface area contributed by atoms with Crippen molar-refractivity contribution in [3.63, 3.8) is 0 Å². The molecule has 0 radical (unpaired) electrons. The van der Waals surface area contributed by atoms with Gasteiger partial charge in [-0.1, -0.05) is 0 Å². The molecule has 16 heavy (non-hydrogen) atoms. The number of ether oxygens (including phenoxy) is 1. The molecule has 1 rings (SSSR count). The summed E-state index contributed by atoms with van der Waals surface area (Å²) in [6.45, 7) is -1.14. The van der Waals surface area contributed by atoms with Crippen LogP contribution in [0.3, 0.4) is 0 Å². The van der Waals surface area contributed by atoms with Crippen LogP contribution in [0.1, 0.15) is 0 Å². The van der Waals surface area contributed by atoms with E-state index < -0.39 is 47.3 Å². The smallest absolute Gasteiger partial charge is 0.341 e. The molecular formula is C8H5F4NO3. The first-order valence-electron chi connectivity index (χ1n) is 3.82. The first-order chi connectivity index (χ1) is 7.36. The number of carboxylic acid groups (broad SMARTS) is 1. The highest BCUT2D eigenvalue weighted by Crippen LogP contribution is 2.31. The van der Waals surface area contributed by atoms with Gasteiger partial charge in [-0.25, -0.2) is 13.6 Å². The molecule has 0 amide bonds. The van der Waals surface area contributed by atoms with Crippen LogP contribution in [0.15, 0.2) is 0 Å². The van der Waals surface area contributed by atoms with Crippen molar-refractivity contribution in [3.05, 3.63) is 23.3 Å². The van der Waals surface area contributed by atoms with Gasteiger partial charge >= 0.3 is 5.97 Å². The van der Waals surface area contributed by atoms with Crippen molar-refractivity contribution in [1.29, 1.82) is 0 Å². The van der Waals surface area contributed by atoms with Gasteiger partial charge in [-0.05, 0) is 0 Å². The minimum Gasteiger partial charge on any atom is -0.479 e. The Labute approximate surface area is 86.2 Å². The SMILES string of the molecule is Nc1c(F)c(F)c(OCC(=O)O)c(F)c1F. The van der Waals surface area contributed by atoms with E-state index >= 15 is 0 Å². The summed E-state index contributed by atoms with van der Waals surface area (Å²) < 4.78 is 55.7. The minimum absolute atomic E-state index is 1.14. The van der Waals surface area contributed by atoms with Crippen LogP contribution in [0, 0.1) is 23.3 Å². The summed E-state index contributed by atoms with van der Waals surface area (Å²) in [6.07, 6.45) is 0. The molecule has 0 atom stereocenters. The zero-order chi connectivity index (χ0) is 12.5. The number of nitrogens with two attached hydrogens (primary N) is 1. The zero-order valence-corrected chi connectivity index (χ0v) is 7.56. The van der Waals surface area contributed by atoms with Gasteiger partial charge in [0.05, 0.1) is 0 Å². The minimum atomic E-state index is -1.88. The van der Waals surface area contributed by atoms with Gasteiger partial charge < -0.3 is 15.6 Å². The lowest BCUT2D eigenvalue weighted by Crippen LogP contribution is -2.13. The van der Waals surface area contributed by atoms with Crippen molar-refractivity contribution >= 4 is 11.7 Å². The summed E-state index contributed by atoms with van der Waals surface area (Å²) in [7, 11) is 0. The summed E-state index contributed by atoms with van der Waals surface area (Å²) in [5.74, 6) is -10.4. The van der Waals surface area contributed by atoms with Crippen LogP contribution in [0.4, 0.5) is 23.2 Å². The van der Waals surface area contributed by atoms with E-state index in [1.54, 1.807) is 0 Å². The molecule has 0 saturated heterocycles. The van der Waals surface area contributed by atoms with E-state index in [0.717, 1.165) is 0 Å². The standard InChI is InChI=1S/C8H5F4NO3/c9-3-5(11)8(16-1-2(14)15)6(12)4(10)7(3)13/h1,13H2,(H,14,15). The molecule has 0 saturated carbocycles. The largest absolute Gasteiger partial charge is 0.479 e. The quantitative estimate of drug-likeness (QED) is 0.473. The Morgan fingerprint density at radius 3 is 1.94 bits per heavy atom. The molecule has 0 aromatic heterocycles. The second kappa shape index (κ2) is 4.25. The molecule has 88 valence electrons. The van der Waals surface area contributed by atoms with Gasteiger partial charge in [-0.15, -0.1) is 0 Å². The van der Waals surface area contributed by atoms with E-state index in [1.165, 1.54) is 0 Å². The van der Waals surface area contributed by atoms with Gasteiger partial charge in [-0.2, -0.15) is 8.78 Å². The van der Waals surface area contributed by atoms with Crippen molar-refractivity contribution in [1.82, 2.24) is 0 Å². The lowest BCUT2D eigenvalue weighted by atomic mass is 10.2. The maximum atomic E-state index is 13.0. The Morgan fingerprint density at radius 1 is 1.12 bits per heavy atom. The third-order valence-electron chi connectivity index (χ3n) is 1.60. The van der Waals surface area contributed by atoms with Crippen LogP contribution in [-0.2, 0) is 4.79 Å². The molecular weight excluding hydrogens is 234 g/mol. The van der Waals surface area contributed by atoms with Gasteiger partial charge in [0.2, 0.25) is 11.6 Å². The number of benzene rings is 1. The Balaban J connectivity index is 3.23. The molecule has 3 N–H and O–H groups in total. The highest BCUT2D eigenvalue weighted by molar-refractivity contribution is 5.68. The van der Waals surface area contributed by atoms with Gasteiger partial charge in [0, 0.05) is 0 Å². The van der Waals surface area contributed by atoms with E-state index in [0.29, 0.717) is 0 Å². The summed E-state index contributed by atoms with van der Waals surface area (Å²) in [6, 6.07) is 0. The topological polar surface area (TPSA) is 72.5 Å². The fourth-order valence-electron chi connectivity index (χ4n) is 0.889. The molecule has 0 aliphatic carbocycles. The van der Waals surface area contributed by atoms with Crippen molar-refractivity contribution in [2.45, 2.75) is 0 Å². The van der Waals surface area contributed by atoms with Crippen molar-refractivity contribution in [3.8, 4) is 5.75 Å². The Hall–Kier alpha value is -1.99. The van der Waals surface area contributed by atoms with E-state index in [1.807, 2.05) is 0 Å². The normalized spacial score (nSPS) is 10.2. The first-order valence-corrected chi connectivity index (χ1v) is 3.82. The van der Waals surface area contributed by atoms with Crippen LogP contribution < -0.4 is 10.5 Å². The van der Waals surface area contributed by atoms with E-state index in [-0.39, 0.29) is 0 Å². The first kappa shape index (κ1) is 12.1. The average molecular weight is 239 g/mol. The number of hydrogen-bond donors (Lipinski definition) is 2. The van der Waals surface area contributed by atoms with Crippen molar-refractivity contribution < 1.29 is 32.2 Å². The molecule has 0 heterocycles. The summed E-state index contributed by atoms with van der Waals surface area (Å²) in [4.78, 5) is 10.0. The van der Waals surface area contributed by atoms with Crippen molar-refractivity contribution in [2.75, 3.05) is 12.3 Å². The fourth-order valence-corrected chi connectivity index (χ4v) is 0.889. The second-order valence-corrected chi connectivity index (χ2v) is 2.68. The molecule has 0 bridgehead atoms. The molecule has 0 aliphatic rings. The Morgan fingerprint density at radius 2 is 1.56 bits per heavy atom. The number of anilines is 1. The maximum Gasteiger partial charge on any atom is 0.341 e. The summed E-state index contributed by atoms with van der Waals surface area (Å²) in [5, 5.41) is 8.17. The van der Waals surface area contributed by atoms with Crippen LogP contribution in [0.25, 0.3) is 0 Å². The highest BCUT2D eigenvalue weighted by atomic mass is 19.2. The number of carbonyl (C=O) groups is 1. The third-order valence-corrected chi connectivity index (χ3v) is 1.60. The Kier molecular flexibility index (Phi) is 3.21. The molecule has 0 unspecified atom stereocenters. The predicted molar refractivity (Wildman–Crippen MR) is 43.8 cm³/mol. The van der Waals surface area contributed by atoms with Gasteiger partial charge in [0.1, 0.15) is 5.69 Å². The molecule has 0 aliphatic heterocycles. The van der Waals surface area contributed by atoms with Crippen molar-refractivity contribution in [2.24, 2.45) is 0 Å². The highest BCUT2D eigenvalue weighted by Gasteiger charge is 2.25.